The highest BCUT2D eigenvalue weighted by Gasteiger charge is 2.23. The number of anilines is 2. The third kappa shape index (κ3) is 6.42. The van der Waals surface area contributed by atoms with Crippen molar-refractivity contribution in [2.75, 3.05) is 56.5 Å². The average molecular weight is 573 g/mol. The van der Waals surface area contributed by atoms with Crippen molar-refractivity contribution in [3.8, 4) is 0 Å². The molecule has 0 bridgehead atoms. The van der Waals surface area contributed by atoms with Crippen LogP contribution in [-0.4, -0.2) is 83.5 Å². The summed E-state index contributed by atoms with van der Waals surface area (Å²) in [5.41, 5.74) is 2.92. The number of halogens is 2. The number of fused-ring (bicyclic) bond motifs is 2. The molecule has 5 rings (SSSR count). The van der Waals surface area contributed by atoms with Crippen LogP contribution in [0.2, 0.25) is 25.7 Å². The number of imidazole rings is 1. The molecule has 1 saturated heterocycles. The lowest BCUT2D eigenvalue weighted by Crippen LogP contribution is -2.37. The molecule has 1 N–H and O–H groups in total. The Labute approximate surface area is 233 Å². The molecule has 4 heterocycles. The molecule has 4 aromatic rings. The minimum Gasteiger partial charge on any atom is -0.378 e. The van der Waals surface area contributed by atoms with Crippen molar-refractivity contribution in [3.05, 3.63) is 41.9 Å². The molecule has 1 fully saturated rings. The van der Waals surface area contributed by atoms with Crippen LogP contribution in [0.1, 0.15) is 23.7 Å². The summed E-state index contributed by atoms with van der Waals surface area (Å²) in [6, 6.07) is 9.07. The summed E-state index contributed by atoms with van der Waals surface area (Å²) in [7, 11) is -1.21. The van der Waals surface area contributed by atoms with E-state index in [1.807, 2.05) is 29.2 Å². The zero-order chi connectivity index (χ0) is 28.1. The molecule has 10 nitrogen and oxygen atoms in total. The second-order valence-electron chi connectivity index (χ2n) is 11.3. The van der Waals surface area contributed by atoms with Gasteiger partial charge in [0.1, 0.15) is 12.6 Å². The highest BCUT2D eigenvalue weighted by molar-refractivity contribution is 6.76. The van der Waals surface area contributed by atoms with E-state index in [9.17, 15) is 8.78 Å². The standard InChI is InChI=1S/C27H38F2N8O2Si/c1-40(2,3)15-14-39-19-36-23-7-5-4-6-22(23)32-24(36)18-30-26-34-27(35-10-12-38-13-11-35)33-25-21(17-31-37(25)26)20(16-29)8-9-28/h4-7,17,20H,8-16,18-19H2,1-3H3,(H,30,33,34). The summed E-state index contributed by atoms with van der Waals surface area (Å²) in [6.07, 6.45) is 1.64. The summed E-state index contributed by atoms with van der Waals surface area (Å²) in [5, 5.41) is 7.86. The predicted octanol–water partition coefficient (Wildman–Crippen LogP) is 4.65. The van der Waals surface area contributed by atoms with Gasteiger partial charge in [0.25, 0.3) is 0 Å². The van der Waals surface area contributed by atoms with E-state index in [0.717, 1.165) is 22.9 Å². The van der Waals surface area contributed by atoms with E-state index in [-0.39, 0.29) is 6.42 Å². The van der Waals surface area contributed by atoms with Crippen LogP contribution in [0.4, 0.5) is 20.7 Å². The number of rotatable bonds is 13. The molecule has 1 atom stereocenters. The van der Waals surface area contributed by atoms with Crippen molar-refractivity contribution < 1.29 is 18.3 Å². The number of benzene rings is 1. The van der Waals surface area contributed by atoms with Gasteiger partial charge in [-0.1, -0.05) is 31.8 Å². The Bertz CT molecular complexity index is 1420. The summed E-state index contributed by atoms with van der Waals surface area (Å²) in [5.74, 6) is 1.12. The second-order valence-corrected chi connectivity index (χ2v) is 16.9. The van der Waals surface area contributed by atoms with Gasteiger partial charge in [-0.25, -0.2) is 4.98 Å². The molecule has 1 aromatic carbocycles. The molecule has 0 radical (unpaired) electrons. The Kier molecular flexibility index (Phi) is 8.91. The summed E-state index contributed by atoms with van der Waals surface area (Å²) in [4.78, 5) is 16.4. The smallest absolute Gasteiger partial charge is 0.230 e. The van der Waals surface area contributed by atoms with Gasteiger partial charge in [0.05, 0.1) is 50.3 Å². The molecule has 1 aliphatic heterocycles. The maximum atomic E-state index is 13.9. The lowest BCUT2D eigenvalue weighted by Gasteiger charge is -2.27. The predicted molar refractivity (Wildman–Crippen MR) is 154 cm³/mol. The molecule has 1 unspecified atom stereocenters. The van der Waals surface area contributed by atoms with Crippen LogP contribution < -0.4 is 10.2 Å². The number of ether oxygens (including phenoxy) is 2. The summed E-state index contributed by atoms with van der Waals surface area (Å²) >= 11 is 0. The maximum Gasteiger partial charge on any atom is 0.230 e. The lowest BCUT2D eigenvalue weighted by atomic mass is 10.0. The summed E-state index contributed by atoms with van der Waals surface area (Å²) < 4.78 is 42.3. The number of hydrogen-bond donors (Lipinski definition) is 1. The number of alkyl halides is 2. The van der Waals surface area contributed by atoms with Crippen LogP contribution in [0.3, 0.4) is 0 Å². The molecule has 40 heavy (non-hydrogen) atoms. The molecule has 0 amide bonds. The normalized spacial score (nSPS) is 15.3. The number of para-hydroxylation sites is 2. The van der Waals surface area contributed by atoms with E-state index in [0.29, 0.717) is 69.3 Å². The van der Waals surface area contributed by atoms with Crippen molar-refractivity contribution in [3.63, 3.8) is 0 Å². The minimum atomic E-state index is -1.21. The van der Waals surface area contributed by atoms with Crippen LogP contribution in [-0.2, 0) is 22.7 Å². The Morgan fingerprint density at radius 3 is 2.65 bits per heavy atom. The van der Waals surface area contributed by atoms with Gasteiger partial charge in [0.2, 0.25) is 11.9 Å². The lowest BCUT2D eigenvalue weighted by molar-refractivity contribution is 0.0880. The van der Waals surface area contributed by atoms with Crippen LogP contribution >= 0.6 is 0 Å². The number of nitrogens with zero attached hydrogens (tertiary/aromatic N) is 7. The number of hydrogen-bond acceptors (Lipinski definition) is 8. The highest BCUT2D eigenvalue weighted by atomic mass is 28.3. The third-order valence-corrected chi connectivity index (χ3v) is 8.82. The topological polar surface area (TPSA) is 94.6 Å². The molecular weight excluding hydrogens is 534 g/mol. The molecule has 0 aliphatic carbocycles. The zero-order valence-corrected chi connectivity index (χ0v) is 24.4. The van der Waals surface area contributed by atoms with Gasteiger partial charge in [-0.2, -0.15) is 19.6 Å². The van der Waals surface area contributed by atoms with E-state index >= 15 is 0 Å². The fraction of sp³-hybridized carbons (Fsp3) is 0.556. The Hall–Kier alpha value is -3.16. The quantitative estimate of drug-likeness (QED) is 0.183. The van der Waals surface area contributed by atoms with E-state index in [1.54, 1.807) is 10.7 Å². The maximum absolute atomic E-state index is 13.9. The van der Waals surface area contributed by atoms with Crippen LogP contribution in [0.25, 0.3) is 16.7 Å². The van der Waals surface area contributed by atoms with Crippen molar-refractivity contribution >= 4 is 36.7 Å². The van der Waals surface area contributed by atoms with Crippen molar-refractivity contribution in [2.45, 2.75) is 51.3 Å². The van der Waals surface area contributed by atoms with E-state index in [1.165, 1.54) is 0 Å². The van der Waals surface area contributed by atoms with Crippen LogP contribution in [0, 0.1) is 0 Å². The van der Waals surface area contributed by atoms with Crippen LogP contribution in [0.5, 0.6) is 0 Å². The monoisotopic (exact) mass is 572 g/mol. The van der Waals surface area contributed by atoms with E-state index in [2.05, 4.69) is 34.6 Å². The van der Waals surface area contributed by atoms with Gasteiger partial charge >= 0.3 is 0 Å². The molecular formula is C27H38F2N8O2Si. The fourth-order valence-electron chi connectivity index (χ4n) is 4.73. The SMILES string of the molecule is C[Si](C)(C)CCOCn1c(CNc2nc(N3CCOCC3)nc3c(C(CF)CCF)cnn23)nc2ccccc21. The molecule has 0 saturated carbocycles. The van der Waals surface area contributed by atoms with Gasteiger partial charge in [0, 0.05) is 39.3 Å². The fourth-order valence-corrected chi connectivity index (χ4v) is 5.49. The Morgan fingerprint density at radius 1 is 1.10 bits per heavy atom. The van der Waals surface area contributed by atoms with Crippen molar-refractivity contribution in [1.82, 2.24) is 29.1 Å². The van der Waals surface area contributed by atoms with Gasteiger partial charge in [0.15, 0.2) is 5.65 Å². The number of aromatic nitrogens is 6. The molecule has 3 aromatic heterocycles. The van der Waals surface area contributed by atoms with E-state index < -0.39 is 27.3 Å². The first-order valence-corrected chi connectivity index (χ1v) is 17.5. The van der Waals surface area contributed by atoms with Gasteiger partial charge in [-0.05, 0) is 24.6 Å². The first kappa shape index (κ1) is 28.4. The first-order valence-electron chi connectivity index (χ1n) is 13.8. The minimum absolute atomic E-state index is 0.0687. The van der Waals surface area contributed by atoms with Crippen LogP contribution in [0.15, 0.2) is 30.5 Å². The van der Waals surface area contributed by atoms with Crippen molar-refractivity contribution in [1.29, 1.82) is 0 Å². The van der Waals surface area contributed by atoms with Gasteiger partial charge in [-0.3, -0.25) is 8.78 Å². The zero-order valence-electron chi connectivity index (χ0n) is 23.4. The summed E-state index contributed by atoms with van der Waals surface area (Å²) in [6.45, 7) is 9.57. The average Bonchev–Trinajstić information content (AvgIpc) is 3.54. The molecule has 13 heteroatoms. The first-order chi connectivity index (χ1) is 19.4. The van der Waals surface area contributed by atoms with Gasteiger partial charge < -0.3 is 24.3 Å². The van der Waals surface area contributed by atoms with E-state index in [4.69, 9.17) is 24.4 Å². The number of nitrogens with one attached hydrogen (secondary N) is 1. The highest BCUT2D eigenvalue weighted by Crippen LogP contribution is 2.27. The largest absolute Gasteiger partial charge is 0.378 e. The third-order valence-electron chi connectivity index (χ3n) is 7.12. The Morgan fingerprint density at radius 2 is 1.90 bits per heavy atom. The molecule has 0 spiro atoms. The molecule has 1 aliphatic rings. The molecule has 216 valence electrons. The van der Waals surface area contributed by atoms with Gasteiger partial charge in [-0.15, -0.1) is 0 Å². The van der Waals surface area contributed by atoms with Crippen molar-refractivity contribution in [2.24, 2.45) is 0 Å². The second kappa shape index (κ2) is 12.6. The Balaban J connectivity index is 1.45. The number of morpholine rings is 1.